The van der Waals surface area contributed by atoms with Crippen LogP contribution in [0.25, 0.3) is 0 Å². The molecule has 9 nitrogen and oxygen atoms in total. The molecule has 1 aliphatic carbocycles. The first-order valence-electron chi connectivity index (χ1n) is 9.15. The average Bonchev–Trinajstić information content (AvgIpc) is 3.29. The van der Waals surface area contributed by atoms with E-state index >= 15 is 0 Å². The molecule has 0 bridgehead atoms. The van der Waals surface area contributed by atoms with Crippen LogP contribution in [0.1, 0.15) is 78.2 Å². The maximum atomic E-state index is 7.56. The lowest BCUT2D eigenvalue weighted by molar-refractivity contribution is 0.231. The molecule has 1 fully saturated rings. The number of hydrogen-bond donors (Lipinski definition) is 6. The molecule has 1 saturated carbocycles. The van der Waals surface area contributed by atoms with Crippen LogP contribution in [-0.2, 0) is 23.6 Å². The Kier molecular flexibility index (Phi) is 20.4. The van der Waals surface area contributed by atoms with Gasteiger partial charge in [-0.25, -0.2) is 4.98 Å². The predicted molar refractivity (Wildman–Crippen MR) is 124 cm³/mol. The van der Waals surface area contributed by atoms with Gasteiger partial charge in [0.1, 0.15) is 5.82 Å². The minimum Gasteiger partial charge on any atom is -0.475 e. The molecule has 0 aliphatic heterocycles. The first kappa shape index (κ1) is 33.6. The Morgan fingerprint density at radius 3 is 1.62 bits per heavy atom. The fourth-order valence-corrected chi connectivity index (χ4v) is 1.39. The fraction of sp³-hybridized carbons (Fsp3) is 0.750. The minimum atomic E-state index is -3.81. The van der Waals surface area contributed by atoms with E-state index in [1.807, 2.05) is 40.7 Å². The van der Waals surface area contributed by atoms with E-state index in [9.17, 15) is 0 Å². The van der Waals surface area contributed by atoms with Gasteiger partial charge in [0.05, 0.1) is 6.10 Å². The van der Waals surface area contributed by atoms with Crippen LogP contribution in [0, 0.1) is 6.92 Å². The summed E-state index contributed by atoms with van der Waals surface area (Å²) in [4.78, 5) is 54.2. The maximum Gasteiger partial charge on any atom is 0.319 e. The van der Waals surface area contributed by atoms with Crippen molar-refractivity contribution in [3.63, 3.8) is 0 Å². The van der Waals surface area contributed by atoms with Gasteiger partial charge in [-0.1, -0.05) is 34.1 Å². The molecule has 0 saturated heterocycles. The first-order valence-corrected chi connectivity index (χ1v) is 14.5. The largest absolute Gasteiger partial charge is 0.475 e. The van der Waals surface area contributed by atoms with Gasteiger partial charge in [-0.15, -0.1) is 0 Å². The third-order valence-corrected chi connectivity index (χ3v) is 2.15. The van der Waals surface area contributed by atoms with E-state index in [0.29, 0.717) is 5.92 Å². The first-order chi connectivity index (χ1) is 13.1. The zero-order chi connectivity index (χ0) is 23.8. The second-order valence-corrected chi connectivity index (χ2v) is 10.9. The quantitative estimate of drug-likeness (QED) is 0.343. The van der Waals surface area contributed by atoms with Gasteiger partial charge in [-0.2, -0.15) is 4.98 Å². The van der Waals surface area contributed by atoms with Crippen molar-refractivity contribution < 1.29 is 34.1 Å². The summed E-state index contributed by atoms with van der Waals surface area (Å²) >= 11 is 7.21. The van der Waals surface area contributed by atoms with Crippen LogP contribution in [-0.4, -0.2) is 45.4 Å². The summed E-state index contributed by atoms with van der Waals surface area (Å²) in [6.45, 7) is 6.64. The molecule has 174 valence electrons. The molecule has 0 unspecified atom stereocenters. The summed E-state index contributed by atoms with van der Waals surface area (Å²) in [6, 6.07) is 1.89. The molecule has 0 aromatic carbocycles. The number of rotatable bonds is 3. The SMILES string of the molecule is CC.CCC.Cc1cc(OC(C)C)nc(C2CC2)n1.OP(O)(O)=S.OP(O)(O)=S. The Bertz CT molecular complexity index is 599. The highest BCUT2D eigenvalue weighted by Crippen LogP contribution is 2.38. The van der Waals surface area contributed by atoms with Crippen LogP contribution >= 0.6 is 13.4 Å². The normalized spacial score (nSPS) is 12.6. The predicted octanol–water partition coefficient (Wildman–Crippen LogP) is 3.27. The van der Waals surface area contributed by atoms with Gasteiger partial charge in [0, 0.05) is 17.7 Å². The Balaban J connectivity index is -0.000000376. The van der Waals surface area contributed by atoms with Gasteiger partial charge in [-0.05, 0) is 57.2 Å². The summed E-state index contributed by atoms with van der Waals surface area (Å²) in [5, 5.41) is 0. The maximum absolute atomic E-state index is 7.56. The zero-order valence-corrected chi connectivity index (χ0v) is 21.5. The van der Waals surface area contributed by atoms with Crippen molar-refractivity contribution in [2.24, 2.45) is 0 Å². The second kappa shape index (κ2) is 17.6. The minimum absolute atomic E-state index is 0.177. The highest BCUT2D eigenvalue weighted by Gasteiger charge is 2.27. The van der Waals surface area contributed by atoms with Crippen LogP contribution in [0.3, 0.4) is 0 Å². The molecule has 1 aliphatic rings. The lowest BCUT2D eigenvalue weighted by Gasteiger charge is -2.10. The topological polar surface area (TPSA) is 156 Å². The third kappa shape index (κ3) is 35.7. The van der Waals surface area contributed by atoms with Gasteiger partial charge in [0.25, 0.3) is 0 Å². The summed E-state index contributed by atoms with van der Waals surface area (Å²) in [5.74, 6) is 2.26. The van der Waals surface area contributed by atoms with E-state index in [1.165, 1.54) is 19.3 Å². The van der Waals surface area contributed by atoms with Crippen molar-refractivity contribution in [2.75, 3.05) is 0 Å². The number of aromatic nitrogens is 2. The molecule has 1 aromatic heterocycles. The summed E-state index contributed by atoms with van der Waals surface area (Å²) < 4.78 is 5.56. The Hall–Kier alpha value is -0.0600. The lowest BCUT2D eigenvalue weighted by atomic mass is 10.3. The molecule has 0 radical (unpaired) electrons. The van der Waals surface area contributed by atoms with E-state index in [-0.39, 0.29) is 6.10 Å². The molecule has 13 heteroatoms. The van der Waals surface area contributed by atoms with E-state index in [2.05, 4.69) is 47.4 Å². The van der Waals surface area contributed by atoms with E-state index < -0.39 is 13.4 Å². The van der Waals surface area contributed by atoms with Crippen molar-refractivity contribution >= 4 is 37.1 Å². The summed E-state index contributed by atoms with van der Waals surface area (Å²) in [6.07, 6.45) is 3.88. The highest BCUT2D eigenvalue weighted by molar-refractivity contribution is 8.06. The highest BCUT2D eigenvalue weighted by atomic mass is 32.5. The number of aryl methyl sites for hydroxylation is 1. The standard InChI is InChI=1S/C11H16N2O.C3H8.C2H6.2H3O3PS/c1-7(2)14-10-6-8(3)12-11(13-10)9-4-5-9;1-3-2;1-2;2*1-4(2,3)5/h6-7,9H,4-5H2,1-3H3;3H2,1-2H3;1-2H3;2*(H3,1,2,3,5). The molecule has 0 spiro atoms. The van der Waals surface area contributed by atoms with Crippen LogP contribution < -0.4 is 4.74 Å². The van der Waals surface area contributed by atoms with Gasteiger partial charge in [-0.3, -0.25) is 0 Å². The zero-order valence-electron chi connectivity index (χ0n) is 18.1. The molecule has 2 rings (SSSR count). The molecule has 1 aromatic rings. The van der Waals surface area contributed by atoms with Crippen molar-refractivity contribution in [3.8, 4) is 5.88 Å². The Labute approximate surface area is 184 Å². The molecule has 1 heterocycles. The molecular weight excluding hydrogens is 458 g/mol. The molecule has 6 N–H and O–H groups in total. The van der Waals surface area contributed by atoms with Crippen molar-refractivity contribution in [3.05, 3.63) is 17.6 Å². The van der Waals surface area contributed by atoms with Crippen LogP contribution in [0.2, 0.25) is 0 Å². The number of ether oxygens (including phenoxy) is 1. The average molecular weight is 495 g/mol. The smallest absolute Gasteiger partial charge is 0.319 e. The van der Waals surface area contributed by atoms with Gasteiger partial charge in [0.15, 0.2) is 0 Å². The Morgan fingerprint density at radius 1 is 1.00 bits per heavy atom. The molecule has 0 atom stereocenters. The Morgan fingerprint density at radius 2 is 1.34 bits per heavy atom. The monoisotopic (exact) mass is 494 g/mol. The number of hydrogen-bond acceptors (Lipinski definition) is 5. The lowest BCUT2D eigenvalue weighted by Crippen LogP contribution is -2.08. The van der Waals surface area contributed by atoms with Crippen LogP contribution in [0.5, 0.6) is 5.88 Å². The molecular formula is C16H36N2O7P2S2. The van der Waals surface area contributed by atoms with Crippen LogP contribution in [0.15, 0.2) is 6.07 Å². The van der Waals surface area contributed by atoms with Crippen molar-refractivity contribution in [2.45, 2.75) is 79.8 Å². The van der Waals surface area contributed by atoms with Crippen LogP contribution in [0.4, 0.5) is 0 Å². The summed E-state index contributed by atoms with van der Waals surface area (Å²) in [5.41, 5.74) is 0.998. The van der Waals surface area contributed by atoms with E-state index in [4.69, 9.17) is 34.1 Å². The molecule has 29 heavy (non-hydrogen) atoms. The third-order valence-electron chi connectivity index (χ3n) is 2.15. The van der Waals surface area contributed by atoms with E-state index in [1.54, 1.807) is 0 Å². The van der Waals surface area contributed by atoms with E-state index in [0.717, 1.165) is 17.4 Å². The second-order valence-electron chi connectivity index (χ2n) is 5.88. The van der Waals surface area contributed by atoms with Crippen molar-refractivity contribution in [1.29, 1.82) is 0 Å². The van der Waals surface area contributed by atoms with Gasteiger partial charge in [0.2, 0.25) is 5.88 Å². The van der Waals surface area contributed by atoms with Crippen molar-refractivity contribution in [1.82, 2.24) is 9.97 Å². The fourth-order valence-electron chi connectivity index (χ4n) is 1.39. The molecule has 0 amide bonds. The van der Waals surface area contributed by atoms with Gasteiger partial charge >= 0.3 is 13.4 Å². The summed E-state index contributed by atoms with van der Waals surface area (Å²) in [7, 11) is 0. The van der Waals surface area contributed by atoms with Gasteiger partial charge < -0.3 is 34.1 Å². The number of nitrogens with zero attached hydrogens (tertiary/aromatic N) is 2.